The number of Topliss-reactive ketones (excluding diaryl/α,β-unsaturated/α-hetero) is 1. The van der Waals surface area contributed by atoms with E-state index in [0.717, 1.165) is 0 Å². The fourth-order valence-corrected chi connectivity index (χ4v) is 4.11. The van der Waals surface area contributed by atoms with Crippen LogP contribution >= 0.6 is 0 Å². The summed E-state index contributed by atoms with van der Waals surface area (Å²) in [5.41, 5.74) is -2.79. The molecule has 8 nitrogen and oxygen atoms in total. The number of hydrogen-bond donors (Lipinski definition) is 1. The Morgan fingerprint density at radius 2 is 1.42 bits per heavy atom. The minimum atomic E-state index is -1.76. The van der Waals surface area contributed by atoms with Crippen LogP contribution in [0.3, 0.4) is 0 Å². The summed E-state index contributed by atoms with van der Waals surface area (Å²) in [5.74, 6) is -6.20. The maximum absolute atomic E-state index is 13.3. The van der Waals surface area contributed by atoms with Gasteiger partial charge in [-0.15, -0.1) is 0 Å². The zero-order valence-electron chi connectivity index (χ0n) is 20.6. The molecule has 0 unspecified atom stereocenters. The van der Waals surface area contributed by atoms with Crippen LogP contribution < -0.4 is 0 Å². The Balaban J connectivity index is 2.65. The molecule has 2 rings (SSSR count). The monoisotopic (exact) mass is 462 g/mol. The second-order valence-electron chi connectivity index (χ2n) is 10.7. The first-order valence-electron chi connectivity index (χ1n) is 10.9. The van der Waals surface area contributed by atoms with Crippen LogP contribution in [0.4, 0.5) is 0 Å². The maximum atomic E-state index is 13.3. The highest BCUT2D eigenvalue weighted by atomic mass is 16.6. The summed E-state index contributed by atoms with van der Waals surface area (Å²) in [6, 6.07) is 6.04. The van der Waals surface area contributed by atoms with Crippen LogP contribution in [0.15, 0.2) is 24.3 Å². The van der Waals surface area contributed by atoms with Gasteiger partial charge in [-0.2, -0.15) is 0 Å². The van der Waals surface area contributed by atoms with E-state index >= 15 is 0 Å². The number of ether oxygens (including phenoxy) is 3. The summed E-state index contributed by atoms with van der Waals surface area (Å²) < 4.78 is 15.8. The molecule has 1 aliphatic carbocycles. The minimum absolute atomic E-state index is 0.262. The molecule has 0 bridgehead atoms. The Hall–Kier alpha value is -2.74. The molecule has 4 atom stereocenters. The molecule has 0 spiro atoms. The van der Waals surface area contributed by atoms with Gasteiger partial charge in [0.1, 0.15) is 17.1 Å². The first kappa shape index (κ1) is 26.5. The summed E-state index contributed by atoms with van der Waals surface area (Å²) in [4.78, 5) is 51.4. The van der Waals surface area contributed by atoms with E-state index in [9.17, 15) is 24.3 Å². The van der Waals surface area contributed by atoms with Crippen molar-refractivity contribution < 1.29 is 38.5 Å². The van der Waals surface area contributed by atoms with Crippen LogP contribution in [0.5, 0.6) is 0 Å². The van der Waals surface area contributed by atoms with Gasteiger partial charge in [0.05, 0.1) is 24.2 Å². The molecule has 0 aromatic heterocycles. The fraction of sp³-hybridized carbons (Fsp3) is 0.600. The smallest absolute Gasteiger partial charge is 0.337 e. The largest absolute Gasteiger partial charge is 0.465 e. The third-order valence-electron chi connectivity index (χ3n) is 5.31. The van der Waals surface area contributed by atoms with Crippen LogP contribution in [0.25, 0.3) is 0 Å². The molecule has 1 N–H and O–H groups in total. The highest BCUT2D eigenvalue weighted by Crippen LogP contribution is 2.47. The van der Waals surface area contributed by atoms with Gasteiger partial charge in [0, 0.05) is 12.3 Å². The van der Waals surface area contributed by atoms with Crippen molar-refractivity contribution in [1.82, 2.24) is 0 Å². The van der Waals surface area contributed by atoms with Crippen molar-refractivity contribution in [2.75, 3.05) is 7.11 Å². The number of benzene rings is 1. The number of hydrogen-bond acceptors (Lipinski definition) is 8. The molecule has 0 radical (unpaired) electrons. The lowest BCUT2D eigenvalue weighted by molar-refractivity contribution is -0.182. The van der Waals surface area contributed by atoms with Crippen molar-refractivity contribution in [2.24, 2.45) is 11.8 Å². The number of methoxy groups -OCH3 is 1. The predicted octanol–water partition coefficient (Wildman–Crippen LogP) is 3.20. The first-order chi connectivity index (χ1) is 15.0. The van der Waals surface area contributed by atoms with E-state index in [1.165, 1.54) is 26.2 Å². The van der Waals surface area contributed by atoms with E-state index in [2.05, 4.69) is 0 Å². The van der Waals surface area contributed by atoms with E-state index in [-0.39, 0.29) is 5.56 Å². The molecule has 0 saturated heterocycles. The summed E-state index contributed by atoms with van der Waals surface area (Å²) >= 11 is 0. The molecular formula is C25H34O8. The molecule has 1 aromatic carbocycles. The summed E-state index contributed by atoms with van der Waals surface area (Å²) in [7, 11) is 1.25. The molecule has 0 heterocycles. The molecule has 182 valence electrons. The van der Waals surface area contributed by atoms with Crippen molar-refractivity contribution in [3.63, 3.8) is 0 Å². The lowest BCUT2D eigenvalue weighted by atomic mass is 9.61. The number of aliphatic hydroxyl groups is 1. The second-order valence-corrected chi connectivity index (χ2v) is 10.7. The van der Waals surface area contributed by atoms with Gasteiger partial charge in [0.2, 0.25) is 0 Å². The van der Waals surface area contributed by atoms with Crippen LogP contribution in [0, 0.1) is 11.8 Å². The topological polar surface area (TPSA) is 116 Å². The fourth-order valence-electron chi connectivity index (χ4n) is 4.11. The average molecular weight is 463 g/mol. The summed E-state index contributed by atoms with van der Waals surface area (Å²) in [6.07, 6.45) is -0.405. The second kappa shape index (κ2) is 9.25. The van der Waals surface area contributed by atoms with E-state index in [1.54, 1.807) is 53.7 Å². The Labute approximate surface area is 194 Å². The molecule has 0 amide bonds. The first-order valence-corrected chi connectivity index (χ1v) is 10.9. The van der Waals surface area contributed by atoms with Crippen LogP contribution in [-0.4, -0.2) is 52.7 Å². The molecule has 1 aromatic rings. The predicted molar refractivity (Wildman–Crippen MR) is 119 cm³/mol. The number of rotatable bonds is 4. The van der Waals surface area contributed by atoms with Gasteiger partial charge in [-0.3, -0.25) is 14.4 Å². The van der Waals surface area contributed by atoms with Crippen molar-refractivity contribution >= 4 is 23.7 Å². The molecule has 0 aliphatic heterocycles. The molecule has 1 saturated carbocycles. The third kappa shape index (κ3) is 6.41. The highest BCUT2D eigenvalue weighted by molar-refractivity contribution is 6.03. The highest BCUT2D eigenvalue weighted by Gasteiger charge is 2.57. The Bertz CT molecular complexity index is 915. The zero-order chi connectivity index (χ0) is 25.4. The number of ketones is 1. The molecule has 1 fully saturated rings. The Morgan fingerprint density at radius 1 is 0.939 bits per heavy atom. The molecule has 1 aliphatic rings. The molecular weight excluding hydrogens is 428 g/mol. The van der Waals surface area contributed by atoms with E-state index in [4.69, 9.17) is 14.2 Å². The maximum Gasteiger partial charge on any atom is 0.337 e. The molecule has 8 heteroatoms. The van der Waals surface area contributed by atoms with Crippen LogP contribution in [0.2, 0.25) is 0 Å². The van der Waals surface area contributed by atoms with Gasteiger partial charge < -0.3 is 19.3 Å². The third-order valence-corrected chi connectivity index (χ3v) is 5.31. The summed E-state index contributed by atoms with van der Waals surface area (Å²) in [5, 5.41) is 11.2. The minimum Gasteiger partial charge on any atom is -0.465 e. The Morgan fingerprint density at radius 3 is 1.88 bits per heavy atom. The van der Waals surface area contributed by atoms with E-state index in [1.807, 2.05) is 0 Å². The van der Waals surface area contributed by atoms with Crippen molar-refractivity contribution in [1.29, 1.82) is 0 Å². The number of carbonyl (C=O) groups excluding carboxylic acids is 4. The van der Waals surface area contributed by atoms with Gasteiger partial charge >= 0.3 is 17.9 Å². The average Bonchev–Trinajstić information content (AvgIpc) is 2.63. The van der Waals surface area contributed by atoms with Gasteiger partial charge in [-0.25, -0.2) is 4.79 Å². The summed E-state index contributed by atoms with van der Waals surface area (Å²) in [6.45, 7) is 11.5. The van der Waals surface area contributed by atoms with Crippen molar-refractivity contribution in [2.45, 2.75) is 77.6 Å². The Kier molecular flexibility index (Phi) is 7.43. The lowest BCUT2D eigenvalue weighted by Gasteiger charge is -2.44. The number of carbonyl (C=O) groups is 4. The van der Waals surface area contributed by atoms with Crippen molar-refractivity contribution in [3.05, 3.63) is 35.4 Å². The van der Waals surface area contributed by atoms with Crippen LogP contribution in [-0.2, 0) is 28.6 Å². The van der Waals surface area contributed by atoms with E-state index < -0.39 is 64.7 Å². The standard InChI is InChI=1S/C25H34O8/c1-23(2,3)32-21(28)18-16(26)13-25(7,30)19(22(29)33-24(4,5)6)17(18)14-9-11-15(12-10-14)20(27)31-8/h9-12,17-19,30H,13H2,1-8H3/t17-,18-,19+,25+/m0/s1. The van der Waals surface area contributed by atoms with Gasteiger partial charge in [-0.05, 0) is 66.2 Å². The van der Waals surface area contributed by atoms with Crippen LogP contribution in [0.1, 0.15) is 76.7 Å². The van der Waals surface area contributed by atoms with E-state index in [0.29, 0.717) is 5.56 Å². The van der Waals surface area contributed by atoms with Gasteiger partial charge in [0.15, 0.2) is 5.78 Å². The van der Waals surface area contributed by atoms with Gasteiger partial charge in [-0.1, -0.05) is 12.1 Å². The lowest BCUT2D eigenvalue weighted by Crippen LogP contribution is -2.56. The zero-order valence-corrected chi connectivity index (χ0v) is 20.6. The quantitative estimate of drug-likeness (QED) is 0.412. The normalized spacial score (nSPS) is 25.8. The SMILES string of the molecule is COC(=O)c1ccc([C@H]2[C@@H](C(=O)OC(C)(C)C)C(=O)C[C@@](C)(O)[C@H]2C(=O)OC(C)(C)C)cc1. The molecule has 33 heavy (non-hydrogen) atoms. The van der Waals surface area contributed by atoms with Gasteiger partial charge in [0.25, 0.3) is 0 Å². The van der Waals surface area contributed by atoms with Crippen molar-refractivity contribution in [3.8, 4) is 0 Å². The number of esters is 3.